The van der Waals surface area contributed by atoms with Crippen LogP contribution >= 0.6 is 15.9 Å². The van der Waals surface area contributed by atoms with E-state index >= 15 is 0 Å². The minimum Gasteiger partial charge on any atom is -0.481 e. The maximum Gasteiger partial charge on any atom is 0.341 e. The van der Waals surface area contributed by atoms with Crippen LogP contribution in [-0.2, 0) is 14.4 Å². The highest BCUT2D eigenvalue weighted by molar-refractivity contribution is 9.10. The van der Waals surface area contributed by atoms with Crippen molar-refractivity contribution in [3.8, 4) is 5.75 Å². The van der Waals surface area contributed by atoms with E-state index in [0.717, 1.165) is 10.5 Å². The van der Waals surface area contributed by atoms with Crippen molar-refractivity contribution in [1.82, 2.24) is 10.2 Å². The molecule has 31 heavy (non-hydrogen) atoms. The Morgan fingerprint density at radius 3 is 2.68 bits per heavy atom. The summed E-state index contributed by atoms with van der Waals surface area (Å²) in [6.07, 6.45) is 1.45. The number of rotatable bonds is 7. The Kier molecular flexibility index (Phi) is 6.71. The minimum atomic E-state index is -1.11. The molecule has 0 saturated carbocycles. The second-order valence-electron chi connectivity index (χ2n) is 6.67. The summed E-state index contributed by atoms with van der Waals surface area (Å²) in [4.78, 5) is 48.5. The number of carboxylic acids is 1. The zero-order valence-corrected chi connectivity index (χ0v) is 17.9. The van der Waals surface area contributed by atoms with Crippen molar-refractivity contribution in [3.63, 3.8) is 0 Å². The molecule has 3 N–H and O–H groups in total. The van der Waals surface area contributed by atoms with E-state index in [1.807, 2.05) is 13.0 Å². The molecule has 1 aliphatic heterocycles. The minimum absolute atomic E-state index is 0.0134. The lowest BCUT2D eigenvalue weighted by Gasteiger charge is -2.12. The van der Waals surface area contributed by atoms with Gasteiger partial charge >= 0.3 is 12.0 Å². The molecule has 10 heteroatoms. The van der Waals surface area contributed by atoms with Gasteiger partial charge in [-0.15, -0.1) is 0 Å². The third-order valence-corrected chi connectivity index (χ3v) is 4.80. The molecular formula is C21H18BrN3O6. The third-order valence-electron chi connectivity index (χ3n) is 4.18. The van der Waals surface area contributed by atoms with E-state index in [0.29, 0.717) is 21.5 Å². The smallest absolute Gasteiger partial charge is 0.341 e. The standard InChI is InChI=1S/C21H18BrN3O6/c1-12-3-2-4-14(7-12)23-18(26)10-25-20(29)16(24-21(25)30)9-13-5-6-17(15(22)8-13)31-11-19(27)28/h2-9H,10-11H2,1H3,(H,23,26)(H,24,30)(H,27,28)/b16-9+. The molecule has 2 aromatic rings. The number of halogens is 1. The van der Waals surface area contributed by atoms with E-state index in [9.17, 15) is 19.2 Å². The van der Waals surface area contributed by atoms with Gasteiger partial charge in [-0.05, 0) is 64.3 Å². The quantitative estimate of drug-likeness (QED) is 0.407. The molecule has 3 rings (SSSR count). The summed E-state index contributed by atoms with van der Waals surface area (Å²) in [5.74, 6) is -1.92. The number of urea groups is 1. The molecule has 0 aromatic heterocycles. The lowest BCUT2D eigenvalue weighted by molar-refractivity contribution is -0.139. The topological polar surface area (TPSA) is 125 Å². The molecule has 9 nitrogen and oxygen atoms in total. The van der Waals surface area contributed by atoms with Crippen LogP contribution in [0.2, 0.25) is 0 Å². The maximum absolute atomic E-state index is 12.6. The summed E-state index contributed by atoms with van der Waals surface area (Å²) in [5, 5.41) is 13.8. The number of amides is 4. The Hall–Kier alpha value is -3.66. The van der Waals surface area contributed by atoms with Crippen molar-refractivity contribution in [3.05, 3.63) is 63.8 Å². The van der Waals surface area contributed by atoms with Crippen molar-refractivity contribution in [2.75, 3.05) is 18.5 Å². The molecule has 0 unspecified atom stereocenters. The largest absolute Gasteiger partial charge is 0.481 e. The van der Waals surface area contributed by atoms with Crippen LogP contribution in [0.15, 0.2) is 52.6 Å². The van der Waals surface area contributed by atoms with Gasteiger partial charge < -0.3 is 20.5 Å². The number of carbonyl (C=O) groups is 4. The number of nitrogens with one attached hydrogen (secondary N) is 2. The summed E-state index contributed by atoms with van der Waals surface area (Å²) >= 11 is 3.27. The first-order valence-electron chi connectivity index (χ1n) is 9.08. The number of hydrogen-bond donors (Lipinski definition) is 3. The van der Waals surface area contributed by atoms with Crippen LogP contribution in [0, 0.1) is 6.92 Å². The van der Waals surface area contributed by atoms with Gasteiger partial charge in [-0.1, -0.05) is 18.2 Å². The van der Waals surface area contributed by atoms with Crippen LogP contribution in [0.1, 0.15) is 11.1 Å². The predicted molar refractivity (Wildman–Crippen MR) is 115 cm³/mol. The first-order valence-corrected chi connectivity index (χ1v) is 9.87. The molecule has 2 aromatic carbocycles. The predicted octanol–water partition coefficient (Wildman–Crippen LogP) is 2.75. The molecule has 1 aliphatic rings. The zero-order valence-electron chi connectivity index (χ0n) is 16.3. The highest BCUT2D eigenvalue weighted by Crippen LogP contribution is 2.27. The normalized spacial score (nSPS) is 14.5. The first-order chi connectivity index (χ1) is 14.7. The molecule has 4 amide bonds. The second kappa shape index (κ2) is 9.43. The number of carbonyl (C=O) groups excluding carboxylic acids is 3. The lowest BCUT2D eigenvalue weighted by Crippen LogP contribution is -2.38. The molecule has 0 bridgehead atoms. The highest BCUT2D eigenvalue weighted by atomic mass is 79.9. The number of carboxylic acid groups (broad SMARTS) is 1. The fourth-order valence-electron chi connectivity index (χ4n) is 2.81. The second-order valence-corrected chi connectivity index (χ2v) is 7.52. The van der Waals surface area contributed by atoms with Crippen molar-refractivity contribution >= 4 is 51.5 Å². The van der Waals surface area contributed by atoms with E-state index in [-0.39, 0.29) is 5.70 Å². The molecule has 0 radical (unpaired) electrons. The molecule has 0 atom stereocenters. The van der Waals surface area contributed by atoms with E-state index in [1.165, 1.54) is 12.1 Å². The Balaban J connectivity index is 1.68. The number of aliphatic carboxylic acids is 1. The van der Waals surface area contributed by atoms with Crippen LogP contribution in [0.25, 0.3) is 6.08 Å². The van der Waals surface area contributed by atoms with Crippen molar-refractivity contribution in [2.45, 2.75) is 6.92 Å². The van der Waals surface area contributed by atoms with E-state index in [4.69, 9.17) is 9.84 Å². The summed E-state index contributed by atoms with van der Waals surface area (Å²) in [7, 11) is 0. The molecule has 1 fully saturated rings. The average Bonchev–Trinajstić information content (AvgIpc) is 2.94. The lowest BCUT2D eigenvalue weighted by atomic mass is 10.2. The van der Waals surface area contributed by atoms with Crippen molar-refractivity contribution < 1.29 is 29.0 Å². The van der Waals surface area contributed by atoms with E-state index < -0.39 is 37.0 Å². The summed E-state index contributed by atoms with van der Waals surface area (Å²) in [5.41, 5.74) is 2.11. The maximum atomic E-state index is 12.6. The molecule has 1 saturated heterocycles. The van der Waals surface area contributed by atoms with Crippen LogP contribution in [0.3, 0.4) is 0 Å². The van der Waals surface area contributed by atoms with Crippen molar-refractivity contribution in [1.29, 1.82) is 0 Å². The Bertz CT molecular complexity index is 1100. The van der Waals surface area contributed by atoms with Crippen LogP contribution in [0.4, 0.5) is 10.5 Å². The number of benzene rings is 2. The number of hydrogen-bond acceptors (Lipinski definition) is 5. The fourth-order valence-corrected chi connectivity index (χ4v) is 3.32. The van der Waals surface area contributed by atoms with Gasteiger partial charge in [-0.25, -0.2) is 14.5 Å². The number of ether oxygens (including phenoxy) is 1. The van der Waals surface area contributed by atoms with Gasteiger partial charge in [0, 0.05) is 5.69 Å². The number of nitrogens with zero attached hydrogens (tertiary/aromatic N) is 1. The van der Waals surface area contributed by atoms with E-state index in [2.05, 4.69) is 26.6 Å². The molecule has 0 aliphatic carbocycles. The van der Waals surface area contributed by atoms with Gasteiger partial charge in [0.1, 0.15) is 18.0 Å². The Morgan fingerprint density at radius 1 is 1.23 bits per heavy atom. The summed E-state index contributed by atoms with van der Waals surface area (Å²) < 4.78 is 5.60. The van der Waals surface area contributed by atoms with Crippen molar-refractivity contribution in [2.24, 2.45) is 0 Å². The monoisotopic (exact) mass is 487 g/mol. The number of imide groups is 1. The van der Waals surface area contributed by atoms with Crippen LogP contribution in [0.5, 0.6) is 5.75 Å². The molecule has 1 heterocycles. The SMILES string of the molecule is Cc1cccc(NC(=O)CN2C(=O)N/C(=C/c3ccc(OCC(=O)O)c(Br)c3)C2=O)c1. The van der Waals surface area contributed by atoms with E-state index in [1.54, 1.807) is 30.3 Å². The number of aryl methyl sites for hydroxylation is 1. The number of anilines is 1. The summed E-state index contributed by atoms with van der Waals surface area (Å²) in [6, 6.07) is 11.2. The average molecular weight is 488 g/mol. The summed E-state index contributed by atoms with van der Waals surface area (Å²) in [6.45, 7) is 0.960. The first kappa shape index (κ1) is 22.0. The fraction of sp³-hybridized carbons (Fsp3) is 0.143. The Labute approximate surface area is 185 Å². The van der Waals surface area contributed by atoms with Gasteiger partial charge in [0.15, 0.2) is 6.61 Å². The molecule has 160 valence electrons. The van der Waals surface area contributed by atoms with Gasteiger partial charge in [-0.2, -0.15) is 0 Å². The highest BCUT2D eigenvalue weighted by Gasteiger charge is 2.34. The third kappa shape index (κ3) is 5.70. The Morgan fingerprint density at radius 2 is 2.00 bits per heavy atom. The van der Waals surface area contributed by atoms with Gasteiger partial charge in [0.05, 0.1) is 4.47 Å². The van der Waals surface area contributed by atoms with Gasteiger partial charge in [0.25, 0.3) is 5.91 Å². The molecule has 0 spiro atoms. The van der Waals surface area contributed by atoms with Crippen LogP contribution in [-0.4, -0.2) is 47.0 Å². The van der Waals surface area contributed by atoms with Gasteiger partial charge in [0.2, 0.25) is 5.91 Å². The van der Waals surface area contributed by atoms with Crippen LogP contribution < -0.4 is 15.4 Å². The zero-order chi connectivity index (χ0) is 22.5. The van der Waals surface area contributed by atoms with Gasteiger partial charge in [-0.3, -0.25) is 9.59 Å². The molecular weight excluding hydrogens is 470 g/mol.